The fourth-order valence-electron chi connectivity index (χ4n) is 0.389. The number of hydrogen-bond acceptors (Lipinski definition) is 3. The summed E-state index contributed by atoms with van der Waals surface area (Å²) in [6.07, 6.45) is 3.15. The van der Waals surface area contributed by atoms with Gasteiger partial charge < -0.3 is 5.11 Å². The van der Waals surface area contributed by atoms with Gasteiger partial charge in [-0.05, 0) is 12.8 Å². The molecule has 0 unspecified atom stereocenters. The van der Waals surface area contributed by atoms with Crippen LogP contribution in [0.4, 0.5) is 0 Å². The Kier molecular flexibility index (Phi) is 3.81. The standard InChI is InChI=1S/C5H11O3S/c1-9(7,8)5-3-2-4-6/h2,6H,3-5H2,1H3. The van der Waals surface area contributed by atoms with Crippen LogP contribution in [0, 0.1) is 6.42 Å². The van der Waals surface area contributed by atoms with E-state index in [9.17, 15) is 8.42 Å². The van der Waals surface area contributed by atoms with E-state index in [4.69, 9.17) is 5.11 Å². The minimum absolute atomic E-state index is 0.0461. The first kappa shape index (κ1) is 8.91. The van der Waals surface area contributed by atoms with E-state index in [0.717, 1.165) is 0 Å². The van der Waals surface area contributed by atoms with Crippen LogP contribution in [0.2, 0.25) is 0 Å². The molecule has 0 spiro atoms. The van der Waals surface area contributed by atoms with Gasteiger partial charge in [0, 0.05) is 12.9 Å². The van der Waals surface area contributed by atoms with Crippen LogP contribution in [0.3, 0.4) is 0 Å². The van der Waals surface area contributed by atoms with Gasteiger partial charge in [0.15, 0.2) is 0 Å². The predicted octanol–water partition coefficient (Wildman–Crippen LogP) is -0.382. The fraction of sp³-hybridized carbons (Fsp3) is 0.800. The summed E-state index contributed by atoms with van der Waals surface area (Å²) in [5.41, 5.74) is 0. The predicted molar refractivity (Wildman–Crippen MR) is 35.7 cm³/mol. The zero-order valence-corrected chi connectivity index (χ0v) is 6.19. The van der Waals surface area contributed by atoms with Crippen LogP contribution >= 0.6 is 0 Å². The molecule has 0 aromatic carbocycles. The van der Waals surface area contributed by atoms with Crippen molar-refractivity contribution in [2.75, 3.05) is 18.6 Å². The van der Waals surface area contributed by atoms with E-state index < -0.39 is 9.84 Å². The van der Waals surface area contributed by atoms with Gasteiger partial charge in [-0.15, -0.1) is 0 Å². The molecule has 1 N–H and O–H groups in total. The zero-order chi connectivity index (χ0) is 7.33. The molecule has 0 aromatic heterocycles. The van der Waals surface area contributed by atoms with E-state index in [1.165, 1.54) is 12.7 Å². The van der Waals surface area contributed by atoms with E-state index in [1.54, 1.807) is 0 Å². The molecular formula is C5H11O3S. The minimum Gasteiger partial charge on any atom is -0.396 e. The van der Waals surface area contributed by atoms with Crippen molar-refractivity contribution >= 4 is 9.84 Å². The summed E-state index contributed by atoms with van der Waals surface area (Å²) in [6, 6.07) is 0. The van der Waals surface area contributed by atoms with Gasteiger partial charge in [0.25, 0.3) is 0 Å². The van der Waals surface area contributed by atoms with Crippen molar-refractivity contribution < 1.29 is 13.5 Å². The summed E-state index contributed by atoms with van der Waals surface area (Å²) >= 11 is 0. The van der Waals surface area contributed by atoms with E-state index in [-0.39, 0.29) is 12.4 Å². The molecule has 0 amide bonds. The van der Waals surface area contributed by atoms with E-state index in [1.807, 2.05) is 0 Å². The maximum Gasteiger partial charge on any atom is 0.147 e. The van der Waals surface area contributed by atoms with Crippen LogP contribution in [0.25, 0.3) is 0 Å². The first-order chi connectivity index (χ1) is 4.06. The minimum atomic E-state index is -2.84. The molecule has 0 rings (SSSR count). The van der Waals surface area contributed by atoms with Crippen LogP contribution in [-0.2, 0) is 9.84 Å². The topological polar surface area (TPSA) is 54.4 Å². The average Bonchev–Trinajstić information content (AvgIpc) is 1.63. The lowest BCUT2D eigenvalue weighted by Crippen LogP contribution is -2.03. The molecule has 9 heavy (non-hydrogen) atoms. The smallest absolute Gasteiger partial charge is 0.147 e. The maximum absolute atomic E-state index is 10.4. The molecule has 0 saturated heterocycles. The summed E-state index contributed by atoms with van der Waals surface area (Å²) in [5, 5.41) is 8.21. The highest BCUT2D eigenvalue weighted by Gasteiger charge is 1.99. The Morgan fingerprint density at radius 2 is 2.11 bits per heavy atom. The molecule has 0 aliphatic rings. The highest BCUT2D eigenvalue weighted by Crippen LogP contribution is 1.90. The zero-order valence-electron chi connectivity index (χ0n) is 5.37. The van der Waals surface area contributed by atoms with Gasteiger partial charge in [0.1, 0.15) is 9.84 Å². The summed E-state index contributed by atoms with van der Waals surface area (Å²) < 4.78 is 20.8. The largest absolute Gasteiger partial charge is 0.396 e. The molecule has 3 nitrogen and oxygen atoms in total. The summed E-state index contributed by atoms with van der Waals surface area (Å²) in [5.74, 6) is 0.132. The Hall–Kier alpha value is -0.0900. The quantitative estimate of drug-likeness (QED) is 0.557. The molecule has 0 aromatic rings. The van der Waals surface area contributed by atoms with Crippen LogP contribution in [0.5, 0.6) is 0 Å². The second kappa shape index (κ2) is 3.85. The lowest BCUT2D eigenvalue weighted by atomic mass is 10.4. The number of hydrogen-bond donors (Lipinski definition) is 1. The summed E-state index contributed by atoms with van der Waals surface area (Å²) in [6.45, 7) is -0.0461. The van der Waals surface area contributed by atoms with Crippen molar-refractivity contribution in [3.63, 3.8) is 0 Å². The Balaban J connectivity index is 3.30. The van der Waals surface area contributed by atoms with Crippen molar-refractivity contribution in [3.8, 4) is 0 Å². The highest BCUT2D eigenvalue weighted by molar-refractivity contribution is 7.90. The molecule has 4 heteroatoms. The molecule has 0 heterocycles. The van der Waals surface area contributed by atoms with Gasteiger partial charge in [-0.25, -0.2) is 8.42 Å². The molecule has 0 bridgehead atoms. The third-order valence-corrected chi connectivity index (χ3v) is 1.80. The van der Waals surface area contributed by atoms with Crippen molar-refractivity contribution in [2.24, 2.45) is 0 Å². The van der Waals surface area contributed by atoms with Crippen LogP contribution in [0.15, 0.2) is 0 Å². The van der Waals surface area contributed by atoms with E-state index in [0.29, 0.717) is 6.42 Å². The van der Waals surface area contributed by atoms with Gasteiger partial charge in [-0.3, -0.25) is 0 Å². The Morgan fingerprint density at radius 1 is 1.56 bits per heavy atom. The molecule has 55 valence electrons. The first-order valence-electron chi connectivity index (χ1n) is 2.66. The van der Waals surface area contributed by atoms with Gasteiger partial charge in [0.05, 0.1) is 5.75 Å². The Morgan fingerprint density at radius 3 is 2.44 bits per heavy atom. The molecular weight excluding hydrogens is 140 g/mol. The van der Waals surface area contributed by atoms with Gasteiger partial charge in [-0.2, -0.15) is 0 Å². The van der Waals surface area contributed by atoms with Crippen molar-refractivity contribution in [2.45, 2.75) is 6.42 Å². The lowest BCUT2D eigenvalue weighted by molar-refractivity contribution is 0.324. The monoisotopic (exact) mass is 151 g/mol. The maximum atomic E-state index is 10.4. The summed E-state index contributed by atoms with van der Waals surface area (Å²) in [7, 11) is -2.84. The lowest BCUT2D eigenvalue weighted by Gasteiger charge is -1.93. The van der Waals surface area contributed by atoms with Crippen molar-refractivity contribution in [3.05, 3.63) is 6.42 Å². The van der Waals surface area contributed by atoms with E-state index in [2.05, 4.69) is 0 Å². The van der Waals surface area contributed by atoms with Crippen molar-refractivity contribution in [1.82, 2.24) is 0 Å². The van der Waals surface area contributed by atoms with Gasteiger partial charge in [0.2, 0.25) is 0 Å². The van der Waals surface area contributed by atoms with Crippen LogP contribution < -0.4 is 0 Å². The SMILES string of the molecule is CS(=O)(=O)CC[CH]CO. The second-order valence-electron chi connectivity index (χ2n) is 1.89. The number of unbranched alkanes of at least 4 members (excludes halogenated alkanes) is 1. The van der Waals surface area contributed by atoms with E-state index >= 15 is 0 Å². The first-order valence-corrected chi connectivity index (χ1v) is 4.72. The number of rotatable bonds is 4. The molecule has 0 fully saturated rings. The molecule has 0 atom stereocenters. The Labute approximate surface area is 55.6 Å². The summed E-state index contributed by atoms with van der Waals surface area (Å²) in [4.78, 5) is 0. The van der Waals surface area contributed by atoms with Crippen molar-refractivity contribution in [1.29, 1.82) is 0 Å². The number of aliphatic hydroxyl groups is 1. The average molecular weight is 151 g/mol. The normalized spacial score (nSPS) is 11.8. The van der Waals surface area contributed by atoms with Crippen LogP contribution in [0.1, 0.15) is 6.42 Å². The third kappa shape index (κ3) is 7.91. The number of aliphatic hydroxyl groups excluding tert-OH is 1. The molecule has 1 radical (unpaired) electrons. The highest BCUT2D eigenvalue weighted by atomic mass is 32.2. The molecule has 0 aliphatic heterocycles. The van der Waals surface area contributed by atoms with Gasteiger partial charge >= 0.3 is 0 Å². The number of sulfone groups is 1. The second-order valence-corrected chi connectivity index (χ2v) is 4.15. The van der Waals surface area contributed by atoms with Gasteiger partial charge in [-0.1, -0.05) is 0 Å². The third-order valence-electron chi connectivity index (χ3n) is 0.822. The molecule has 0 saturated carbocycles. The fourth-order valence-corrected chi connectivity index (χ4v) is 0.984. The molecule has 0 aliphatic carbocycles. The van der Waals surface area contributed by atoms with Crippen LogP contribution in [-0.4, -0.2) is 32.1 Å². The Bertz CT molecular complexity index is 148.